The Balaban J connectivity index is 5.23. The van der Waals surface area contributed by atoms with Crippen molar-refractivity contribution < 1.29 is 37.3 Å². The molecule has 0 radical (unpaired) electrons. The zero-order valence-electron chi connectivity index (χ0n) is 48.8. The van der Waals surface area contributed by atoms with Crippen LogP contribution in [0.15, 0.2) is 48.6 Å². The summed E-state index contributed by atoms with van der Waals surface area (Å²) in [5, 5.41) is 3.03. The van der Waals surface area contributed by atoms with Gasteiger partial charge in [0.2, 0.25) is 5.91 Å². The molecule has 3 atom stereocenters. The highest BCUT2D eigenvalue weighted by Crippen LogP contribution is 2.38. The Morgan fingerprint density at radius 1 is 0.479 bits per heavy atom. The first-order chi connectivity index (χ1) is 35.4. The van der Waals surface area contributed by atoms with E-state index in [1.165, 1.54) is 173 Å². The van der Waals surface area contributed by atoms with Gasteiger partial charge in [0.25, 0.3) is 7.82 Å². The number of unbranched alkanes of at least 4 members (excludes halogenated alkanes) is 34. The van der Waals surface area contributed by atoms with Gasteiger partial charge in [0.05, 0.1) is 33.8 Å². The molecule has 0 saturated heterocycles. The molecule has 1 amide bonds. The quantitative estimate of drug-likeness (QED) is 0.0212. The Kier molecular flexibility index (Phi) is 51.9. The second-order valence-corrected chi connectivity index (χ2v) is 23.6. The Bertz CT molecular complexity index is 1390. The lowest BCUT2D eigenvalue weighted by atomic mass is 10.0. The molecule has 0 spiro atoms. The fourth-order valence-electron chi connectivity index (χ4n) is 8.94. The minimum absolute atomic E-state index is 0.0229. The Morgan fingerprint density at radius 2 is 0.836 bits per heavy atom. The first-order valence-electron chi connectivity index (χ1n) is 30.9. The standard InChI is InChI=1S/C63H119N2O7P/c1-7-10-13-16-19-22-25-28-30-31-32-33-34-35-36-37-40-43-46-49-52-55-62(66)64-60(59-71-73(68,69)70-58-57-65(4,5)6)61(54-51-48-45-42-39-27-24-21-18-15-12-9-3)72-63(67)56-53-50-47-44-41-38-29-26-23-20-17-14-11-8-2/h19,22,28,30,32-33,51,54,60-61H,7-18,20-21,23-27,29,31,34-50,52-53,55-59H2,1-6H3,(H-,64,66,68,69)/b22-19-,30-28-,33-32-,54-51-. The van der Waals surface area contributed by atoms with Crippen LogP contribution in [0.1, 0.15) is 290 Å². The number of nitrogens with one attached hydrogen (secondary N) is 1. The van der Waals surface area contributed by atoms with Crippen molar-refractivity contribution in [1.82, 2.24) is 5.32 Å². The summed E-state index contributed by atoms with van der Waals surface area (Å²) in [6, 6.07) is -0.889. The molecule has 0 aliphatic rings. The second-order valence-electron chi connectivity index (χ2n) is 22.2. The van der Waals surface area contributed by atoms with Crippen LogP contribution < -0.4 is 10.2 Å². The lowest BCUT2D eigenvalue weighted by Gasteiger charge is -2.30. The minimum Gasteiger partial charge on any atom is -0.756 e. The molecule has 0 rings (SSSR count). The summed E-state index contributed by atoms with van der Waals surface area (Å²) in [7, 11) is 1.19. The molecule has 1 N–H and O–H groups in total. The lowest BCUT2D eigenvalue weighted by Crippen LogP contribution is -2.47. The van der Waals surface area contributed by atoms with Crippen LogP contribution >= 0.6 is 7.82 Å². The number of nitrogens with zero attached hydrogens (tertiary/aromatic N) is 1. The number of carbonyl (C=O) groups excluding carboxylic acids is 2. The fraction of sp³-hybridized carbons (Fsp3) is 0.841. The third kappa shape index (κ3) is 54.6. The van der Waals surface area contributed by atoms with Crippen LogP contribution in [0.2, 0.25) is 0 Å². The predicted molar refractivity (Wildman–Crippen MR) is 312 cm³/mol. The number of phosphoric acid groups is 1. The van der Waals surface area contributed by atoms with Crippen LogP contribution in [-0.4, -0.2) is 69.4 Å². The summed E-state index contributed by atoms with van der Waals surface area (Å²) < 4.78 is 30.3. The number of ether oxygens (including phenoxy) is 1. The molecule has 3 unspecified atom stereocenters. The number of hydrogen-bond acceptors (Lipinski definition) is 7. The van der Waals surface area contributed by atoms with Crippen molar-refractivity contribution in [3.05, 3.63) is 48.6 Å². The van der Waals surface area contributed by atoms with Gasteiger partial charge in [-0.2, -0.15) is 0 Å². The average molecular weight is 1050 g/mol. The molecule has 0 aromatic rings. The molecule has 0 aromatic carbocycles. The summed E-state index contributed by atoms with van der Waals surface area (Å²) in [6.45, 7) is 6.83. The number of allylic oxidation sites excluding steroid dienone is 7. The van der Waals surface area contributed by atoms with Crippen molar-refractivity contribution in [2.75, 3.05) is 40.9 Å². The van der Waals surface area contributed by atoms with E-state index < -0.39 is 20.0 Å². The van der Waals surface area contributed by atoms with E-state index in [0.29, 0.717) is 17.4 Å². The molecular formula is C63H119N2O7P. The van der Waals surface area contributed by atoms with E-state index in [4.69, 9.17) is 13.8 Å². The summed E-state index contributed by atoms with van der Waals surface area (Å²) in [4.78, 5) is 39.9. The Labute approximate surface area is 452 Å². The van der Waals surface area contributed by atoms with Crippen LogP contribution in [0, 0.1) is 0 Å². The first kappa shape index (κ1) is 71.0. The molecule has 0 saturated carbocycles. The summed E-state index contributed by atoms with van der Waals surface area (Å²) >= 11 is 0. The fourth-order valence-corrected chi connectivity index (χ4v) is 9.66. The SMILES string of the molecule is CCCCC/C=C\C/C=C\C/C=C\CCCCCCCCCCC(=O)NC(COP(=O)([O-])OCC[N+](C)(C)C)C(/C=C\CCCCCCCCCCCC)OC(=O)CCCCCCCCCCCCCCCC. The van der Waals surface area contributed by atoms with Gasteiger partial charge in [-0.05, 0) is 70.3 Å². The highest BCUT2D eigenvalue weighted by molar-refractivity contribution is 7.45. The first-order valence-corrected chi connectivity index (χ1v) is 32.4. The predicted octanol–water partition coefficient (Wildman–Crippen LogP) is 18.3. The maximum atomic E-state index is 13.5. The Hall–Kier alpha value is -2.03. The number of carbonyl (C=O) groups is 2. The van der Waals surface area contributed by atoms with Crippen LogP contribution in [-0.2, 0) is 27.9 Å². The van der Waals surface area contributed by atoms with Crippen LogP contribution in [0.25, 0.3) is 0 Å². The van der Waals surface area contributed by atoms with E-state index in [2.05, 4.69) is 62.5 Å². The number of esters is 1. The summed E-state index contributed by atoms with van der Waals surface area (Å²) in [5.74, 6) is -0.540. The number of rotatable bonds is 56. The topological polar surface area (TPSA) is 114 Å². The lowest BCUT2D eigenvalue weighted by molar-refractivity contribution is -0.870. The van der Waals surface area contributed by atoms with Gasteiger partial charge in [-0.15, -0.1) is 0 Å². The van der Waals surface area contributed by atoms with Gasteiger partial charge in [0, 0.05) is 12.8 Å². The number of likely N-dealkylation sites (N-methyl/N-ethyl adjacent to an activating group) is 1. The monoisotopic (exact) mass is 1050 g/mol. The Morgan fingerprint density at radius 3 is 1.27 bits per heavy atom. The molecule has 73 heavy (non-hydrogen) atoms. The average Bonchev–Trinajstić information content (AvgIpc) is 3.35. The summed E-state index contributed by atoms with van der Waals surface area (Å²) in [5.41, 5.74) is 0. The third-order valence-corrected chi connectivity index (χ3v) is 14.7. The summed E-state index contributed by atoms with van der Waals surface area (Å²) in [6.07, 6.45) is 65.0. The van der Waals surface area contributed by atoms with Crippen molar-refractivity contribution in [2.45, 2.75) is 303 Å². The smallest absolute Gasteiger partial charge is 0.306 e. The van der Waals surface area contributed by atoms with Crippen molar-refractivity contribution >= 4 is 19.7 Å². The van der Waals surface area contributed by atoms with Crippen molar-refractivity contribution in [3.63, 3.8) is 0 Å². The highest BCUT2D eigenvalue weighted by atomic mass is 31.2. The molecule has 428 valence electrons. The molecule has 0 bridgehead atoms. The second kappa shape index (κ2) is 53.4. The minimum atomic E-state index is -4.70. The third-order valence-electron chi connectivity index (χ3n) is 13.8. The number of hydrogen-bond donors (Lipinski definition) is 1. The van der Waals surface area contributed by atoms with Crippen molar-refractivity contribution in [3.8, 4) is 0 Å². The zero-order valence-corrected chi connectivity index (χ0v) is 49.7. The van der Waals surface area contributed by atoms with Gasteiger partial charge < -0.3 is 28.5 Å². The molecule has 0 aliphatic heterocycles. The van der Waals surface area contributed by atoms with Gasteiger partial charge in [-0.3, -0.25) is 14.2 Å². The molecule has 9 nitrogen and oxygen atoms in total. The van der Waals surface area contributed by atoms with E-state index in [1.54, 1.807) is 0 Å². The van der Waals surface area contributed by atoms with Gasteiger partial charge in [0.1, 0.15) is 19.3 Å². The molecular weight excluding hydrogens is 928 g/mol. The van der Waals surface area contributed by atoms with Crippen molar-refractivity contribution in [1.29, 1.82) is 0 Å². The number of quaternary nitrogens is 1. The largest absolute Gasteiger partial charge is 0.756 e. The van der Waals surface area contributed by atoms with Gasteiger partial charge in [0.15, 0.2) is 0 Å². The molecule has 0 aromatic heterocycles. The molecule has 10 heteroatoms. The van der Waals surface area contributed by atoms with E-state index in [1.807, 2.05) is 33.3 Å². The zero-order chi connectivity index (χ0) is 53.6. The molecule has 0 aliphatic carbocycles. The maximum Gasteiger partial charge on any atom is 0.306 e. The highest BCUT2D eigenvalue weighted by Gasteiger charge is 2.27. The molecule has 0 heterocycles. The van der Waals surface area contributed by atoms with Gasteiger partial charge in [-0.1, -0.05) is 256 Å². The van der Waals surface area contributed by atoms with E-state index in [9.17, 15) is 19.0 Å². The van der Waals surface area contributed by atoms with Gasteiger partial charge in [-0.25, -0.2) is 0 Å². The normalized spacial score (nSPS) is 14.0. The van der Waals surface area contributed by atoms with Crippen LogP contribution in [0.5, 0.6) is 0 Å². The number of amides is 1. The molecule has 0 fully saturated rings. The maximum absolute atomic E-state index is 13.5. The van der Waals surface area contributed by atoms with Crippen molar-refractivity contribution in [2.24, 2.45) is 0 Å². The van der Waals surface area contributed by atoms with E-state index in [0.717, 1.165) is 83.5 Å². The van der Waals surface area contributed by atoms with Crippen LogP contribution in [0.3, 0.4) is 0 Å². The van der Waals surface area contributed by atoms with Gasteiger partial charge >= 0.3 is 5.97 Å². The number of phosphoric ester groups is 1. The van der Waals surface area contributed by atoms with E-state index in [-0.39, 0.29) is 31.5 Å². The van der Waals surface area contributed by atoms with E-state index >= 15 is 0 Å². The van der Waals surface area contributed by atoms with Crippen LogP contribution in [0.4, 0.5) is 0 Å².